The summed E-state index contributed by atoms with van der Waals surface area (Å²) in [5.41, 5.74) is 3.14. The second-order valence-electron chi connectivity index (χ2n) is 6.11. The average Bonchev–Trinajstić information content (AvgIpc) is 3.00. The summed E-state index contributed by atoms with van der Waals surface area (Å²) < 4.78 is 7.68. The standard InChI is InChI=1S/C21H18N2O2/c1-15-14-19(24)20-18(13-12-16-8-4-2-5-9-16)22-23(21(20)25-15)17-10-6-3-7-11-17/h2-13,15H,14H2,1H3/b13-12+. The van der Waals surface area contributed by atoms with Gasteiger partial charge in [-0.15, -0.1) is 0 Å². The van der Waals surface area contributed by atoms with Gasteiger partial charge in [0.2, 0.25) is 5.88 Å². The monoisotopic (exact) mass is 330 g/mol. The van der Waals surface area contributed by atoms with Crippen LogP contribution in [0.15, 0.2) is 60.7 Å². The molecule has 0 amide bonds. The van der Waals surface area contributed by atoms with Crippen LogP contribution >= 0.6 is 0 Å². The van der Waals surface area contributed by atoms with Gasteiger partial charge in [0.15, 0.2) is 5.78 Å². The minimum atomic E-state index is -0.148. The van der Waals surface area contributed by atoms with Gasteiger partial charge in [0.05, 0.1) is 5.69 Å². The second kappa shape index (κ2) is 6.40. The Morgan fingerprint density at radius 3 is 2.44 bits per heavy atom. The van der Waals surface area contributed by atoms with Gasteiger partial charge in [-0.1, -0.05) is 54.6 Å². The number of Topliss-reactive ketones (excluding diaryl/α,β-unsaturated/α-hetero) is 1. The molecular weight excluding hydrogens is 312 g/mol. The molecule has 124 valence electrons. The number of rotatable bonds is 3. The molecule has 3 aromatic rings. The normalized spacial score (nSPS) is 16.7. The third-order valence-corrected chi connectivity index (χ3v) is 4.17. The first-order valence-corrected chi connectivity index (χ1v) is 8.34. The molecule has 1 aliphatic heterocycles. The van der Waals surface area contributed by atoms with E-state index in [9.17, 15) is 4.79 Å². The maximum atomic E-state index is 12.6. The number of para-hydroxylation sites is 1. The van der Waals surface area contributed by atoms with Gasteiger partial charge in [-0.25, -0.2) is 0 Å². The van der Waals surface area contributed by atoms with E-state index in [-0.39, 0.29) is 11.9 Å². The third kappa shape index (κ3) is 2.98. The predicted molar refractivity (Wildman–Crippen MR) is 98.0 cm³/mol. The highest BCUT2D eigenvalue weighted by molar-refractivity contribution is 6.03. The summed E-state index contributed by atoms with van der Waals surface area (Å²) in [6.45, 7) is 1.91. The van der Waals surface area contributed by atoms with E-state index < -0.39 is 0 Å². The molecule has 2 heterocycles. The third-order valence-electron chi connectivity index (χ3n) is 4.17. The highest BCUT2D eigenvalue weighted by Gasteiger charge is 2.31. The van der Waals surface area contributed by atoms with Crippen molar-refractivity contribution in [1.29, 1.82) is 0 Å². The highest BCUT2D eigenvalue weighted by Crippen LogP contribution is 2.33. The van der Waals surface area contributed by atoms with Gasteiger partial charge < -0.3 is 4.74 Å². The van der Waals surface area contributed by atoms with E-state index in [1.54, 1.807) is 4.68 Å². The second-order valence-corrected chi connectivity index (χ2v) is 6.11. The van der Waals surface area contributed by atoms with Crippen LogP contribution in [0.25, 0.3) is 17.8 Å². The van der Waals surface area contributed by atoms with E-state index in [0.717, 1.165) is 11.3 Å². The van der Waals surface area contributed by atoms with E-state index >= 15 is 0 Å². The number of hydrogen-bond acceptors (Lipinski definition) is 3. The SMILES string of the molecule is CC1CC(=O)c2c(/C=C/c3ccccc3)nn(-c3ccccc3)c2O1. The molecule has 4 nitrogen and oxygen atoms in total. The fraction of sp³-hybridized carbons (Fsp3) is 0.143. The van der Waals surface area contributed by atoms with E-state index in [4.69, 9.17) is 4.74 Å². The lowest BCUT2D eigenvalue weighted by molar-refractivity contribution is 0.0861. The lowest BCUT2D eigenvalue weighted by Gasteiger charge is -2.20. The molecule has 25 heavy (non-hydrogen) atoms. The van der Waals surface area contributed by atoms with Crippen molar-refractivity contribution >= 4 is 17.9 Å². The topological polar surface area (TPSA) is 44.1 Å². The van der Waals surface area contributed by atoms with Crippen LogP contribution in [0.3, 0.4) is 0 Å². The molecular formula is C21H18N2O2. The lowest BCUT2D eigenvalue weighted by Crippen LogP contribution is -2.25. The molecule has 0 fully saturated rings. The van der Waals surface area contributed by atoms with Gasteiger partial charge in [-0.3, -0.25) is 4.79 Å². The molecule has 1 aliphatic rings. The summed E-state index contributed by atoms with van der Waals surface area (Å²) in [6, 6.07) is 19.7. The summed E-state index contributed by atoms with van der Waals surface area (Å²) in [4.78, 5) is 12.6. The fourth-order valence-electron chi connectivity index (χ4n) is 2.99. The van der Waals surface area contributed by atoms with Gasteiger partial charge in [-0.2, -0.15) is 9.78 Å². The van der Waals surface area contributed by atoms with E-state index in [1.165, 1.54) is 0 Å². The van der Waals surface area contributed by atoms with E-state index in [0.29, 0.717) is 23.6 Å². The Morgan fingerprint density at radius 2 is 1.72 bits per heavy atom. The first-order valence-electron chi connectivity index (χ1n) is 8.34. The van der Waals surface area contributed by atoms with Crippen molar-refractivity contribution in [2.75, 3.05) is 0 Å². The Morgan fingerprint density at radius 1 is 1.04 bits per heavy atom. The molecule has 1 unspecified atom stereocenters. The van der Waals surface area contributed by atoms with E-state index in [1.807, 2.05) is 79.7 Å². The number of aromatic nitrogens is 2. The molecule has 0 bridgehead atoms. The molecule has 0 aliphatic carbocycles. The average molecular weight is 330 g/mol. The minimum Gasteiger partial charge on any atom is -0.474 e. The number of benzene rings is 2. The molecule has 4 rings (SSSR count). The van der Waals surface area contributed by atoms with Gasteiger partial charge in [0.25, 0.3) is 0 Å². The number of carbonyl (C=O) groups is 1. The van der Waals surface area contributed by atoms with Gasteiger partial charge in [0, 0.05) is 6.42 Å². The van der Waals surface area contributed by atoms with Crippen LogP contribution in [0.2, 0.25) is 0 Å². The maximum absolute atomic E-state index is 12.6. The van der Waals surface area contributed by atoms with Crippen molar-refractivity contribution in [1.82, 2.24) is 9.78 Å². The smallest absolute Gasteiger partial charge is 0.228 e. The Labute approximate surface area is 146 Å². The van der Waals surface area contributed by atoms with Crippen LogP contribution in [-0.2, 0) is 0 Å². The number of ether oxygens (including phenoxy) is 1. The zero-order valence-electron chi connectivity index (χ0n) is 13.9. The molecule has 0 saturated carbocycles. The largest absolute Gasteiger partial charge is 0.474 e. The molecule has 2 aromatic carbocycles. The van der Waals surface area contributed by atoms with Crippen molar-refractivity contribution in [2.45, 2.75) is 19.4 Å². The fourth-order valence-corrected chi connectivity index (χ4v) is 2.99. The maximum Gasteiger partial charge on any atom is 0.228 e. The number of carbonyl (C=O) groups excluding carboxylic acids is 1. The van der Waals surface area contributed by atoms with Gasteiger partial charge >= 0.3 is 0 Å². The Bertz CT molecular complexity index is 927. The molecule has 0 radical (unpaired) electrons. The lowest BCUT2D eigenvalue weighted by atomic mass is 10.0. The van der Waals surface area contributed by atoms with Crippen LogP contribution < -0.4 is 4.74 Å². The zero-order valence-corrected chi connectivity index (χ0v) is 13.9. The molecule has 0 spiro atoms. The summed E-state index contributed by atoms with van der Waals surface area (Å²) >= 11 is 0. The number of hydrogen-bond donors (Lipinski definition) is 0. The Hall–Kier alpha value is -3.14. The minimum absolute atomic E-state index is 0.0728. The van der Waals surface area contributed by atoms with E-state index in [2.05, 4.69) is 5.10 Å². The van der Waals surface area contributed by atoms with Crippen LogP contribution in [0.1, 0.15) is 35.0 Å². The molecule has 0 saturated heterocycles. The van der Waals surface area contributed by atoms with Crippen molar-refractivity contribution in [3.63, 3.8) is 0 Å². The van der Waals surface area contributed by atoms with Crippen LogP contribution in [0, 0.1) is 0 Å². The summed E-state index contributed by atoms with van der Waals surface area (Å²) in [5.74, 6) is 0.603. The first-order chi connectivity index (χ1) is 12.2. The number of nitrogens with zero attached hydrogens (tertiary/aromatic N) is 2. The quantitative estimate of drug-likeness (QED) is 0.715. The predicted octanol–water partition coefficient (Wildman–Crippen LogP) is 4.40. The van der Waals surface area contributed by atoms with Crippen molar-refractivity contribution in [3.05, 3.63) is 77.5 Å². The van der Waals surface area contributed by atoms with Gasteiger partial charge in [0.1, 0.15) is 17.4 Å². The van der Waals surface area contributed by atoms with Gasteiger partial charge in [-0.05, 0) is 30.7 Å². The zero-order chi connectivity index (χ0) is 17.2. The first kappa shape index (κ1) is 15.4. The highest BCUT2D eigenvalue weighted by atomic mass is 16.5. The number of ketones is 1. The number of fused-ring (bicyclic) bond motifs is 1. The summed E-state index contributed by atoms with van der Waals surface area (Å²) in [7, 11) is 0. The van der Waals surface area contributed by atoms with Crippen LogP contribution in [0.5, 0.6) is 5.88 Å². The van der Waals surface area contributed by atoms with Crippen molar-refractivity contribution in [2.24, 2.45) is 0 Å². The van der Waals surface area contributed by atoms with Crippen LogP contribution in [0.4, 0.5) is 0 Å². The Kier molecular flexibility index (Phi) is 3.94. The summed E-state index contributed by atoms with van der Waals surface area (Å²) in [5, 5.41) is 4.65. The van der Waals surface area contributed by atoms with Crippen LogP contribution in [-0.4, -0.2) is 21.7 Å². The van der Waals surface area contributed by atoms with Crippen molar-refractivity contribution < 1.29 is 9.53 Å². The molecule has 1 aromatic heterocycles. The summed E-state index contributed by atoms with van der Waals surface area (Å²) in [6.07, 6.45) is 4.07. The van der Waals surface area contributed by atoms with Crippen molar-refractivity contribution in [3.8, 4) is 11.6 Å². The molecule has 0 N–H and O–H groups in total. The molecule has 1 atom stereocenters. The molecule has 4 heteroatoms. The Balaban J connectivity index is 1.82.